The van der Waals surface area contributed by atoms with Gasteiger partial charge < -0.3 is 10.6 Å². The number of nitrogens with one attached hydrogen (secondary N) is 2. The first-order chi connectivity index (χ1) is 12.6. The maximum Gasteiger partial charge on any atom is 0.271 e. The highest BCUT2D eigenvalue weighted by Crippen LogP contribution is 2.17. The molecule has 0 spiro atoms. The van der Waals surface area contributed by atoms with Crippen molar-refractivity contribution in [1.29, 1.82) is 0 Å². The molecule has 0 aliphatic carbocycles. The average Bonchev–Trinajstić information content (AvgIpc) is 2.66. The van der Waals surface area contributed by atoms with Gasteiger partial charge in [-0.05, 0) is 48.7 Å². The Morgan fingerprint density at radius 1 is 1.00 bits per heavy atom. The van der Waals surface area contributed by atoms with Gasteiger partial charge in [0.1, 0.15) is 5.82 Å². The average molecular weight is 350 g/mol. The molecule has 0 aliphatic heterocycles. The summed E-state index contributed by atoms with van der Waals surface area (Å²) in [5.74, 6) is -0.0494. The zero-order valence-corrected chi connectivity index (χ0v) is 14.4. The first kappa shape index (κ1) is 17.5. The van der Waals surface area contributed by atoms with Crippen molar-refractivity contribution in [3.8, 4) is 0 Å². The largest absolute Gasteiger partial charge is 0.350 e. The Morgan fingerprint density at radius 3 is 2.50 bits per heavy atom. The van der Waals surface area contributed by atoms with Gasteiger partial charge in [-0.25, -0.2) is 4.39 Å². The fourth-order valence-electron chi connectivity index (χ4n) is 2.47. The van der Waals surface area contributed by atoms with Crippen LogP contribution in [0.3, 0.4) is 0 Å². The molecular formula is C20H19FN4O. The molecule has 0 bridgehead atoms. The fraction of sp³-hybridized carbons (Fsp3) is 0.150. The molecular weight excluding hydrogens is 331 g/mol. The second kappa shape index (κ2) is 8.20. The Balaban J connectivity index is 1.55. The van der Waals surface area contributed by atoms with Crippen LogP contribution in [0.2, 0.25) is 0 Å². The molecule has 0 unspecified atom stereocenters. The third-order valence-electron chi connectivity index (χ3n) is 3.94. The summed E-state index contributed by atoms with van der Waals surface area (Å²) < 4.78 is 13.5. The maximum absolute atomic E-state index is 13.5. The predicted molar refractivity (Wildman–Crippen MR) is 98.9 cm³/mol. The van der Waals surface area contributed by atoms with Gasteiger partial charge in [0.2, 0.25) is 0 Å². The number of hydrogen-bond acceptors (Lipinski definition) is 4. The Hall–Kier alpha value is -3.28. The standard InChI is InChI=1S/C20H19FN4O/c1-14-6-2-5-9-17(14)23-19-11-10-18(24-25-19)20(26)22-13-12-15-7-3-4-8-16(15)21/h2-11H,12-13H2,1H3,(H,22,26)(H,23,25). The predicted octanol–water partition coefficient (Wildman–Crippen LogP) is 3.64. The van der Waals surface area contributed by atoms with E-state index in [2.05, 4.69) is 20.8 Å². The van der Waals surface area contributed by atoms with Gasteiger partial charge >= 0.3 is 0 Å². The highest BCUT2D eigenvalue weighted by molar-refractivity contribution is 5.92. The minimum Gasteiger partial charge on any atom is -0.350 e. The van der Waals surface area contributed by atoms with Gasteiger partial charge in [0, 0.05) is 12.2 Å². The molecule has 26 heavy (non-hydrogen) atoms. The number of benzene rings is 2. The van der Waals surface area contributed by atoms with Crippen LogP contribution in [0.25, 0.3) is 0 Å². The lowest BCUT2D eigenvalue weighted by molar-refractivity contribution is 0.0948. The molecule has 2 aromatic carbocycles. The van der Waals surface area contributed by atoms with Gasteiger partial charge in [-0.3, -0.25) is 4.79 Å². The van der Waals surface area contributed by atoms with Crippen LogP contribution >= 0.6 is 0 Å². The molecule has 0 saturated carbocycles. The number of carbonyl (C=O) groups is 1. The number of amides is 1. The van der Waals surface area contributed by atoms with E-state index < -0.39 is 0 Å². The van der Waals surface area contributed by atoms with E-state index >= 15 is 0 Å². The SMILES string of the molecule is Cc1ccccc1Nc1ccc(C(=O)NCCc2ccccc2F)nn1. The zero-order chi connectivity index (χ0) is 18.4. The molecule has 0 saturated heterocycles. The van der Waals surface area contributed by atoms with Crippen molar-refractivity contribution in [2.45, 2.75) is 13.3 Å². The molecule has 0 atom stereocenters. The van der Waals surface area contributed by atoms with E-state index in [-0.39, 0.29) is 17.4 Å². The van der Waals surface area contributed by atoms with Gasteiger partial charge in [0.15, 0.2) is 11.5 Å². The van der Waals surface area contributed by atoms with Gasteiger partial charge in [-0.15, -0.1) is 10.2 Å². The number of halogens is 1. The first-order valence-electron chi connectivity index (χ1n) is 8.31. The van der Waals surface area contributed by atoms with Crippen LogP contribution in [0, 0.1) is 12.7 Å². The molecule has 1 amide bonds. The van der Waals surface area contributed by atoms with Gasteiger partial charge in [0.05, 0.1) is 0 Å². The summed E-state index contributed by atoms with van der Waals surface area (Å²) in [5, 5.41) is 13.9. The van der Waals surface area contributed by atoms with Crippen molar-refractivity contribution in [1.82, 2.24) is 15.5 Å². The summed E-state index contributed by atoms with van der Waals surface area (Å²) in [7, 11) is 0. The second-order valence-electron chi connectivity index (χ2n) is 5.84. The normalized spacial score (nSPS) is 10.4. The maximum atomic E-state index is 13.5. The van der Waals surface area contributed by atoms with Crippen LogP contribution in [0.4, 0.5) is 15.9 Å². The number of aryl methyl sites for hydroxylation is 1. The molecule has 132 valence electrons. The number of para-hydroxylation sites is 1. The molecule has 0 aliphatic rings. The van der Waals surface area contributed by atoms with Crippen molar-refractivity contribution >= 4 is 17.4 Å². The van der Waals surface area contributed by atoms with E-state index in [0.29, 0.717) is 24.3 Å². The van der Waals surface area contributed by atoms with Crippen molar-refractivity contribution in [3.63, 3.8) is 0 Å². The van der Waals surface area contributed by atoms with Gasteiger partial charge in [-0.2, -0.15) is 0 Å². The third kappa shape index (κ3) is 4.42. The summed E-state index contributed by atoms with van der Waals surface area (Å²) in [6, 6.07) is 17.6. The summed E-state index contributed by atoms with van der Waals surface area (Å²) in [5.41, 5.74) is 2.80. The number of hydrogen-bond donors (Lipinski definition) is 2. The zero-order valence-electron chi connectivity index (χ0n) is 14.4. The molecule has 3 rings (SSSR count). The minimum absolute atomic E-state index is 0.217. The second-order valence-corrected chi connectivity index (χ2v) is 5.84. The Kier molecular flexibility index (Phi) is 5.53. The smallest absolute Gasteiger partial charge is 0.271 e. The number of rotatable bonds is 6. The number of aromatic nitrogens is 2. The van der Waals surface area contributed by atoms with E-state index in [1.165, 1.54) is 6.07 Å². The van der Waals surface area contributed by atoms with E-state index in [9.17, 15) is 9.18 Å². The molecule has 1 aromatic heterocycles. The van der Waals surface area contributed by atoms with E-state index in [1.54, 1.807) is 30.3 Å². The van der Waals surface area contributed by atoms with Crippen LogP contribution in [0.1, 0.15) is 21.6 Å². The lowest BCUT2D eigenvalue weighted by Gasteiger charge is -2.08. The Bertz CT molecular complexity index is 896. The lowest BCUT2D eigenvalue weighted by atomic mass is 10.1. The Labute approximate surface area is 151 Å². The van der Waals surface area contributed by atoms with Crippen molar-refractivity contribution in [2.75, 3.05) is 11.9 Å². The lowest BCUT2D eigenvalue weighted by Crippen LogP contribution is -2.27. The highest BCUT2D eigenvalue weighted by Gasteiger charge is 2.09. The topological polar surface area (TPSA) is 66.9 Å². The summed E-state index contributed by atoms with van der Waals surface area (Å²) >= 11 is 0. The van der Waals surface area contributed by atoms with E-state index in [4.69, 9.17) is 0 Å². The summed E-state index contributed by atoms with van der Waals surface area (Å²) in [6.07, 6.45) is 0.415. The number of anilines is 2. The molecule has 2 N–H and O–H groups in total. The van der Waals surface area contributed by atoms with Crippen LogP contribution in [-0.4, -0.2) is 22.6 Å². The number of nitrogens with zero attached hydrogens (tertiary/aromatic N) is 2. The molecule has 6 heteroatoms. The molecule has 5 nitrogen and oxygen atoms in total. The highest BCUT2D eigenvalue weighted by atomic mass is 19.1. The summed E-state index contributed by atoms with van der Waals surface area (Å²) in [4.78, 5) is 12.1. The van der Waals surface area contributed by atoms with E-state index in [1.807, 2.05) is 31.2 Å². The third-order valence-corrected chi connectivity index (χ3v) is 3.94. The minimum atomic E-state index is -0.337. The van der Waals surface area contributed by atoms with Crippen molar-refractivity contribution < 1.29 is 9.18 Å². The molecule has 0 radical (unpaired) electrons. The quantitative estimate of drug-likeness (QED) is 0.712. The van der Waals surface area contributed by atoms with Crippen LogP contribution in [0.15, 0.2) is 60.7 Å². The van der Waals surface area contributed by atoms with Gasteiger partial charge in [-0.1, -0.05) is 36.4 Å². The monoisotopic (exact) mass is 350 g/mol. The van der Waals surface area contributed by atoms with Crippen LogP contribution < -0.4 is 10.6 Å². The van der Waals surface area contributed by atoms with Crippen molar-refractivity contribution in [2.24, 2.45) is 0 Å². The van der Waals surface area contributed by atoms with E-state index in [0.717, 1.165) is 11.3 Å². The molecule has 3 aromatic rings. The Morgan fingerprint density at radius 2 is 1.77 bits per heavy atom. The molecule has 0 fully saturated rings. The van der Waals surface area contributed by atoms with Gasteiger partial charge in [0.25, 0.3) is 5.91 Å². The molecule has 1 heterocycles. The number of carbonyl (C=O) groups excluding carboxylic acids is 1. The van der Waals surface area contributed by atoms with Crippen molar-refractivity contribution in [3.05, 3.63) is 83.3 Å². The summed E-state index contributed by atoms with van der Waals surface area (Å²) in [6.45, 7) is 2.32. The van der Waals surface area contributed by atoms with Crippen LogP contribution in [0.5, 0.6) is 0 Å². The van der Waals surface area contributed by atoms with Crippen LogP contribution in [-0.2, 0) is 6.42 Å². The first-order valence-corrected chi connectivity index (χ1v) is 8.31. The fourth-order valence-corrected chi connectivity index (χ4v) is 2.47.